The molecule has 2 heterocycles. The summed E-state index contributed by atoms with van der Waals surface area (Å²) in [4.78, 5) is 7.91. The van der Waals surface area contributed by atoms with Crippen molar-refractivity contribution in [1.82, 2.24) is 19.7 Å². The van der Waals surface area contributed by atoms with Crippen LogP contribution in [0.4, 0.5) is 0 Å². The lowest BCUT2D eigenvalue weighted by molar-refractivity contribution is 0.777. The molecule has 3 aromatic rings. The Bertz CT molecular complexity index is 668. The quantitative estimate of drug-likeness (QED) is 0.778. The number of aromatic nitrogens is 3. The number of aromatic amines is 1. The average molecular weight is 293 g/mol. The maximum atomic E-state index is 4.56. The van der Waals surface area contributed by atoms with Gasteiger partial charge in [-0.15, -0.1) is 0 Å². The number of benzene rings is 1. The third-order valence-corrected chi connectivity index (χ3v) is 3.73. The molecule has 3 rings (SSSR count). The smallest absolute Gasteiger partial charge is 0.213 e. The van der Waals surface area contributed by atoms with Gasteiger partial charge in [0.25, 0.3) is 0 Å². The zero-order valence-corrected chi connectivity index (χ0v) is 11.1. The van der Waals surface area contributed by atoms with Gasteiger partial charge < -0.3 is 10.3 Å². The van der Waals surface area contributed by atoms with Gasteiger partial charge in [-0.3, -0.25) is 4.40 Å². The molecule has 0 atom stereocenters. The van der Waals surface area contributed by atoms with Crippen molar-refractivity contribution in [2.45, 2.75) is 6.42 Å². The molecule has 0 radical (unpaired) electrons. The van der Waals surface area contributed by atoms with Crippen LogP contribution in [0.15, 0.2) is 28.9 Å². The Hall–Kier alpha value is -1.33. The van der Waals surface area contributed by atoms with Crippen LogP contribution in [0.25, 0.3) is 16.8 Å². The maximum absolute atomic E-state index is 4.56. The molecule has 0 amide bonds. The molecule has 0 fully saturated rings. The summed E-state index contributed by atoms with van der Waals surface area (Å²) in [5.41, 5.74) is 3.31. The first-order valence-corrected chi connectivity index (χ1v) is 6.38. The lowest BCUT2D eigenvalue weighted by Gasteiger charge is -1.98. The normalized spacial score (nSPS) is 11.6. The zero-order chi connectivity index (χ0) is 11.8. The number of likely N-dealkylation sites (N-methyl/N-ethyl adjacent to an activating group) is 1. The van der Waals surface area contributed by atoms with Crippen LogP contribution in [0, 0.1) is 0 Å². The molecule has 17 heavy (non-hydrogen) atoms. The van der Waals surface area contributed by atoms with E-state index in [1.807, 2.05) is 25.2 Å². The van der Waals surface area contributed by atoms with Crippen LogP contribution in [-0.2, 0) is 6.42 Å². The van der Waals surface area contributed by atoms with E-state index in [2.05, 4.69) is 41.7 Å². The fourth-order valence-electron chi connectivity index (χ4n) is 2.05. The second kappa shape index (κ2) is 4.16. The molecule has 4 nitrogen and oxygen atoms in total. The molecule has 0 aliphatic rings. The lowest BCUT2D eigenvalue weighted by Crippen LogP contribution is -2.10. The van der Waals surface area contributed by atoms with E-state index in [1.165, 1.54) is 5.69 Å². The molecule has 0 unspecified atom stereocenters. The first-order chi connectivity index (χ1) is 8.31. The van der Waals surface area contributed by atoms with Gasteiger partial charge in [0.1, 0.15) is 4.60 Å². The van der Waals surface area contributed by atoms with Crippen molar-refractivity contribution in [3.63, 3.8) is 0 Å². The van der Waals surface area contributed by atoms with Crippen molar-refractivity contribution in [1.29, 1.82) is 0 Å². The molecule has 1 aromatic carbocycles. The van der Waals surface area contributed by atoms with Gasteiger partial charge in [-0.1, -0.05) is 12.1 Å². The maximum Gasteiger partial charge on any atom is 0.213 e. The van der Waals surface area contributed by atoms with E-state index in [4.69, 9.17) is 0 Å². The highest BCUT2D eigenvalue weighted by molar-refractivity contribution is 9.10. The fraction of sp³-hybridized carbons (Fsp3) is 0.250. The number of nitrogens with one attached hydrogen (secondary N) is 2. The van der Waals surface area contributed by atoms with E-state index in [0.717, 1.165) is 34.4 Å². The molecule has 0 saturated heterocycles. The molecule has 2 N–H and O–H groups in total. The minimum atomic E-state index is 0.893. The minimum Gasteiger partial charge on any atom is -0.326 e. The van der Waals surface area contributed by atoms with Crippen LogP contribution in [-0.4, -0.2) is 28.0 Å². The molecule has 0 aliphatic heterocycles. The highest BCUT2D eigenvalue weighted by Gasteiger charge is 2.12. The molecule has 0 spiro atoms. The number of para-hydroxylation sites is 2. The molecular formula is C12H13BrN4. The third-order valence-electron chi connectivity index (χ3n) is 2.89. The number of imidazole rings is 2. The summed E-state index contributed by atoms with van der Waals surface area (Å²) in [6.07, 6.45) is 0.953. The predicted molar refractivity (Wildman–Crippen MR) is 72.4 cm³/mol. The summed E-state index contributed by atoms with van der Waals surface area (Å²) in [5.74, 6) is 0.893. The SMILES string of the molecule is CNCCc1[nH]c2nc3ccccc3n2c1Br. The Labute approximate surface area is 107 Å². The van der Waals surface area contributed by atoms with Crippen LogP contribution < -0.4 is 5.32 Å². The van der Waals surface area contributed by atoms with Crippen LogP contribution in [0.5, 0.6) is 0 Å². The van der Waals surface area contributed by atoms with E-state index >= 15 is 0 Å². The number of H-pyrrole nitrogens is 1. The Morgan fingerprint density at radius 2 is 2.24 bits per heavy atom. The number of rotatable bonds is 3. The fourth-order valence-corrected chi connectivity index (χ4v) is 2.70. The second-order valence-corrected chi connectivity index (χ2v) is 4.76. The average Bonchev–Trinajstić information content (AvgIpc) is 2.84. The van der Waals surface area contributed by atoms with Crippen LogP contribution in [0.2, 0.25) is 0 Å². The number of hydrogen-bond donors (Lipinski definition) is 2. The predicted octanol–water partition coefficient (Wildman–Crippen LogP) is 2.34. The monoisotopic (exact) mass is 292 g/mol. The molecule has 5 heteroatoms. The van der Waals surface area contributed by atoms with Crippen LogP contribution in [0.3, 0.4) is 0 Å². The van der Waals surface area contributed by atoms with E-state index in [-0.39, 0.29) is 0 Å². The van der Waals surface area contributed by atoms with Gasteiger partial charge in [0.05, 0.1) is 16.7 Å². The van der Waals surface area contributed by atoms with E-state index < -0.39 is 0 Å². The summed E-state index contributed by atoms with van der Waals surface area (Å²) < 4.78 is 3.18. The van der Waals surface area contributed by atoms with Gasteiger partial charge in [-0.25, -0.2) is 4.98 Å². The minimum absolute atomic E-state index is 0.893. The Kier molecular flexibility index (Phi) is 2.64. The molecule has 2 aromatic heterocycles. The Balaban J connectivity index is 2.21. The highest BCUT2D eigenvalue weighted by atomic mass is 79.9. The van der Waals surface area contributed by atoms with Gasteiger partial charge in [-0.2, -0.15) is 0 Å². The Morgan fingerprint density at radius 3 is 3.06 bits per heavy atom. The second-order valence-electron chi connectivity index (χ2n) is 4.01. The zero-order valence-electron chi connectivity index (χ0n) is 9.50. The van der Waals surface area contributed by atoms with Gasteiger partial charge in [0.15, 0.2) is 0 Å². The Morgan fingerprint density at radius 1 is 1.41 bits per heavy atom. The molecule has 88 valence electrons. The summed E-state index contributed by atoms with van der Waals surface area (Å²) in [6, 6.07) is 8.14. The summed E-state index contributed by atoms with van der Waals surface area (Å²) in [6.45, 7) is 0.945. The van der Waals surface area contributed by atoms with Gasteiger partial charge in [-0.05, 0) is 35.1 Å². The first kappa shape index (κ1) is 10.8. The molecule has 0 aliphatic carbocycles. The van der Waals surface area contributed by atoms with Gasteiger partial charge in [0.2, 0.25) is 5.78 Å². The molecular weight excluding hydrogens is 280 g/mol. The van der Waals surface area contributed by atoms with Crippen molar-refractivity contribution in [3.8, 4) is 0 Å². The van der Waals surface area contributed by atoms with Crippen LogP contribution >= 0.6 is 15.9 Å². The third kappa shape index (κ3) is 1.66. The number of fused-ring (bicyclic) bond motifs is 3. The standard InChI is InChI=1S/C12H13BrN4/c1-14-7-6-9-11(13)17-10-5-3-2-4-8(10)15-12(17)16-9/h2-5,14H,6-7H2,1H3,(H,15,16). The highest BCUT2D eigenvalue weighted by Crippen LogP contribution is 2.24. The molecule has 0 bridgehead atoms. The lowest BCUT2D eigenvalue weighted by atomic mass is 10.3. The summed E-state index contributed by atoms with van der Waals surface area (Å²) >= 11 is 3.65. The van der Waals surface area contributed by atoms with Gasteiger partial charge >= 0.3 is 0 Å². The number of hydrogen-bond acceptors (Lipinski definition) is 2. The van der Waals surface area contributed by atoms with Crippen molar-refractivity contribution in [3.05, 3.63) is 34.6 Å². The van der Waals surface area contributed by atoms with Crippen molar-refractivity contribution in [2.75, 3.05) is 13.6 Å². The van der Waals surface area contributed by atoms with Crippen LogP contribution in [0.1, 0.15) is 5.69 Å². The molecule has 0 saturated carbocycles. The van der Waals surface area contributed by atoms with E-state index in [9.17, 15) is 0 Å². The topological polar surface area (TPSA) is 45.1 Å². The van der Waals surface area contributed by atoms with Crippen molar-refractivity contribution in [2.24, 2.45) is 0 Å². The van der Waals surface area contributed by atoms with Crippen molar-refractivity contribution < 1.29 is 0 Å². The van der Waals surface area contributed by atoms with Gasteiger partial charge in [0, 0.05) is 13.0 Å². The first-order valence-electron chi connectivity index (χ1n) is 5.59. The summed E-state index contributed by atoms with van der Waals surface area (Å²) in [7, 11) is 1.96. The largest absolute Gasteiger partial charge is 0.326 e. The van der Waals surface area contributed by atoms with E-state index in [0.29, 0.717) is 0 Å². The number of halogens is 1. The summed E-state index contributed by atoms with van der Waals surface area (Å²) in [5, 5.41) is 3.15. The number of nitrogens with zero attached hydrogens (tertiary/aromatic N) is 2. The van der Waals surface area contributed by atoms with Crippen molar-refractivity contribution >= 4 is 32.7 Å². The van der Waals surface area contributed by atoms with E-state index in [1.54, 1.807) is 0 Å².